The molecule has 0 saturated carbocycles. The lowest BCUT2D eigenvalue weighted by atomic mass is 10.1. The first-order valence-corrected chi connectivity index (χ1v) is 10.8. The molecule has 0 heterocycles. The molecule has 0 aliphatic carbocycles. The van der Waals surface area contributed by atoms with Crippen LogP contribution < -0.4 is 15.5 Å². The number of halogens is 1. The molecule has 0 bridgehead atoms. The number of ether oxygens (including phenoxy) is 1. The van der Waals surface area contributed by atoms with Gasteiger partial charge in [0.15, 0.2) is 0 Å². The zero-order chi connectivity index (χ0) is 21.9. The molecule has 0 fully saturated rings. The summed E-state index contributed by atoms with van der Waals surface area (Å²) in [5.74, 6) is 0.171. The molecule has 2 rings (SSSR count). The Kier molecular flexibility index (Phi) is 9.54. The molecular weight excluding hydrogens is 446 g/mol. The van der Waals surface area contributed by atoms with Crippen LogP contribution in [0.3, 0.4) is 0 Å². The van der Waals surface area contributed by atoms with Crippen LogP contribution in [-0.2, 0) is 9.59 Å². The number of rotatable bonds is 10. The molecule has 0 spiro atoms. The van der Waals surface area contributed by atoms with E-state index in [1.807, 2.05) is 50.2 Å². The van der Waals surface area contributed by atoms with E-state index in [0.29, 0.717) is 12.4 Å². The Bertz CT molecular complexity index is 913. The Morgan fingerprint density at radius 3 is 2.67 bits per heavy atom. The van der Waals surface area contributed by atoms with Gasteiger partial charge in [0.1, 0.15) is 5.75 Å². The quantitative estimate of drug-likeness (QED) is 0.285. The minimum absolute atomic E-state index is 0.0480. The van der Waals surface area contributed by atoms with Crippen molar-refractivity contribution in [1.29, 1.82) is 0 Å². The smallest absolute Gasteiger partial charge is 0.240 e. The predicted molar refractivity (Wildman–Crippen MR) is 124 cm³/mol. The number of unbranched alkanes of at least 4 members (excludes halogenated alkanes) is 1. The van der Waals surface area contributed by atoms with Gasteiger partial charge in [-0.3, -0.25) is 9.59 Å². The fourth-order valence-corrected chi connectivity index (χ4v) is 3.01. The van der Waals surface area contributed by atoms with Crippen LogP contribution in [0.4, 0.5) is 5.69 Å². The first-order valence-electron chi connectivity index (χ1n) is 10.0. The molecule has 2 aromatic carbocycles. The number of amides is 2. The van der Waals surface area contributed by atoms with Gasteiger partial charge in [0.25, 0.3) is 0 Å². The average molecular weight is 474 g/mol. The molecule has 0 aliphatic rings. The topological polar surface area (TPSA) is 79.8 Å². The molecule has 2 aromatic rings. The highest BCUT2D eigenvalue weighted by molar-refractivity contribution is 9.10. The minimum Gasteiger partial charge on any atom is -0.493 e. The number of hydrogen-bond acceptors (Lipinski definition) is 4. The molecule has 2 amide bonds. The largest absolute Gasteiger partial charge is 0.493 e. The number of hydrazone groups is 1. The second kappa shape index (κ2) is 12.1. The van der Waals surface area contributed by atoms with Crippen molar-refractivity contribution < 1.29 is 14.3 Å². The van der Waals surface area contributed by atoms with Gasteiger partial charge in [0.2, 0.25) is 11.8 Å². The Morgan fingerprint density at radius 2 is 1.90 bits per heavy atom. The van der Waals surface area contributed by atoms with E-state index in [1.54, 1.807) is 6.21 Å². The summed E-state index contributed by atoms with van der Waals surface area (Å²) in [7, 11) is 0. The van der Waals surface area contributed by atoms with Gasteiger partial charge in [-0.25, -0.2) is 5.43 Å². The van der Waals surface area contributed by atoms with Crippen LogP contribution >= 0.6 is 15.9 Å². The average Bonchev–Trinajstić information content (AvgIpc) is 2.71. The van der Waals surface area contributed by atoms with Gasteiger partial charge in [-0.05, 0) is 55.7 Å². The van der Waals surface area contributed by atoms with Crippen LogP contribution in [0.25, 0.3) is 0 Å². The lowest BCUT2D eigenvalue weighted by Crippen LogP contribution is -2.21. The first-order chi connectivity index (χ1) is 14.4. The number of aryl methyl sites for hydroxylation is 1. The summed E-state index contributed by atoms with van der Waals surface area (Å²) in [6.07, 6.45) is 3.68. The lowest BCUT2D eigenvalue weighted by molar-refractivity contribution is -0.124. The Hall–Kier alpha value is -2.67. The van der Waals surface area contributed by atoms with E-state index in [1.165, 1.54) is 0 Å². The standard InChI is InChI=1S/C23H28BrN3O3/c1-4-5-13-30-21-10-9-19(24)14-18(21)15-25-27-23(29)12-11-22(28)26-20-8-6-7-16(2)17(20)3/h6-10,14-15H,4-5,11-13H2,1-3H3,(H,26,28)(H,27,29). The van der Waals surface area contributed by atoms with Crippen LogP contribution in [0.5, 0.6) is 5.75 Å². The highest BCUT2D eigenvalue weighted by atomic mass is 79.9. The summed E-state index contributed by atoms with van der Waals surface area (Å²) in [5, 5.41) is 6.85. The minimum atomic E-state index is -0.328. The van der Waals surface area contributed by atoms with Crippen molar-refractivity contribution >= 4 is 39.6 Å². The summed E-state index contributed by atoms with van der Waals surface area (Å²) < 4.78 is 6.66. The van der Waals surface area contributed by atoms with Gasteiger partial charge in [-0.1, -0.05) is 41.4 Å². The van der Waals surface area contributed by atoms with E-state index < -0.39 is 0 Å². The third-order valence-corrected chi connectivity index (χ3v) is 5.07. The monoisotopic (exact) mass is 473 g/mol. The second-order valence-electron chi connectivity index (χ2n) is 6.97. The molecule has 30 heavy (non-hydrogen) atoms. The molecular formula is C23H28BrN3O3. The number of hydrogen-bond donors (Lipinski definition) is 2. The van der Waals surface area contributed by atoms with E-state index in [-0.39, 0.29) is 24.7 Å². The molecule has 0 unspecified atom stereocenters. The summed E-state index contributed by atoms with van der Waals surface area (Å²) in [5.41, 5.74) is 6.11. The molecule has 0 radical (unpaired) electrons. The number of carbonyl (C=O) groups is 2. The molecule has 0 saturated heterocycles. The summed E-state index contributed by atoms with van der Waals surface area (Å²) >= 11 is 3.43. The molecule has 0 atom stereocenters. The molecule has 7 heteroatoms. The van der Waals surface area contributed by atoms with Gasteiger partial charge >= 0.3 is 0 Å². The van der Waals surface area contributed by atoms with Gasteiger partial charge in [-0.15, -0.1) is 0 Å². The van der Waals surface area contributed by atoms with Crippen molar-refractivity contribution in [3.63, 3.8) is 0 Å². The fraction of sp³-hybridized carbons (Fsp3) is 0.348. The van der Waals surface area contributed by atoms with Crippen LogP contribution in [0.15, 0.2) is 46.0 Å². The molecule has 160 valence electrons. The van der Waals surface area contributed by atoms with E-state index in [9.17, 15) is 9.59 Å². The Labute approximate surface area is 186 Å². The maximum absolute atomic E-state index is 12.1. The maximum atomic E-state index is 12.1. The highest BCUT2D eigenvalue weighted by Crippen LogP contribution is 2.22. The Morgan fingerprint density at radius 1 is 1.13 bits per heavy atom. The zero-order valence-electron chi connectivity index (χ0n) is 17.6. The normalized spacial score (nSPS) is 10.8. The van der Waals surface area contributed by atoms with Crippen LogP contribution in [0, 0.1) is 13.8 Å². The Balaban J connectivity index is 1.84. The third kappa shape index (κ3) is 7.63. The van der Waals surface area contributed by atoms with Crippen molar-refractivity contribution in [3.8, 4) is 5.75 Å². The lowest BCUT2D eigenvalue weighted by Gasteiger charge is -2.10. The van der Waals surface area contributed by atoms with E-state index in [4.69, 9.17) is 4.74 Å². The van der Waals surface area contributed by atoms with Crippen LogP contribution in [0.2, 0.25) is 0 Å². The number of anilines is 1. The van der Waals surface area contributed by atoms with E-state index >= 15 is 0 Å². The van der Waals surface area contributed by atoms with Crippen LogP contribution in [0.1, 0.15) is 49.3 Å². The number of nitrogens with one attached hydrogen (secondary N) is 2. The highest BCUT2D eigenvalue weighted by Gasteiger charge is 2.09. The van der Waals surface area contributed by atoms with Gasteiger partial charge < -0.3 is 10.1 Å². The summed E-state index contributed by atoms with van der Waals surface area (Å²) in [6.45, 7) is 6.67. The number of nitrogens with zero attached hydrogens (tertiary/aromatic N) is 1. The zero-order valence-corrected chi connectivity index (χ0v) is 19.2. The van der Waals surface area contributed by atoms with Crippen molar-refractivity contribution in [2.24, 2.45) is 5.10 Å². The number of benzene rings is 2. The van der Waals surface area contributed by atoms with Gasteiger partial charge in [-0.2, -0.15) is 5.10 Å². The molecule has 0 aromatic heterocycles. The van der Waals surface area contributed by atoms with E-state index in [2.05, 4.69) is 38.7 Å². The van der Waals surface area contributed by atoms with Gasteiger partial charge in [0.05, 0.1) is 12.8 Å². The molecule has 6 nitrogen and oxygen atoms in total. The van der Waals surface area contributed by atoms with Crippen molar-refractivity contribution in [2.45, 2.75) is 46.5 Å². The first kappa shape index (κ1) is 23.6. The second-order valence-corrected chi connectivity index (χ2v) is 7.89. The van der Waals surface area contributed by atoms with E-state index in [0.717, 1.165) is 39.7 Å². The number of carbonyl (C=O) groups excluding carboxylic acids is 2. The SMILES string of the molecule is CCCCOc1ccc(Br)cc1C=NNC(=O)CCC(=O)Nc1cccc(C)c1C. The fourth-order valence-electron chi connectivity index (χ4n) is 2.63. The van der Waals surface area contributed by atoms with Gasteiger partial charge in [0, 0.05) is 28.6 Å². The molecule has 2 N–H and O–H groups in total. The van der Waals surface area contributed by atoms with Crippen molar-refractivity contribution in [2.75, 3.05) is 11.9 Å². The summed E-state index contributed by atoms with van der Waals surface area (Å²) in [6, 6.07) is 11.4. The van der Waals surface area contributed by atoms with Crippen LogP contribution in [-0.4, -0.2) is 24.6 Å². The molecule has 0 aliphatic heterocycles. The van der Waals surface area contributed by atoms with Crippen molar-refractivity contribution in [3.05, 3.63) is 57.6 Å². The van der Waals surface area contributed by atoms with Crippen molar-refractivity contribution in [1.82, 2.24) is 5.43 Å². The third-order valence-electron chi connectivity index (χ3n) is 4.58. The maximum Gasteiger partial charge on any atom is 0.240 e. The predicted octanol–water partition coefficient (Wildman–Crippen LogP) is 5.11. The summed E-state index contributed by atoms with van der Waals surface area (Å²) in [4.78, 5) is 24.2.